The van der Waals surface area contributed by atoms with Crippen molar-refractivity contribution in [1.29, 1.82) is 0 Å². The van der Waals surface area contributed by atoms with Crippen LogP contribution in [0.15, 0.2) is 24.3 Å². The first kappa shape index (κ1) is 8.36. The minimum atomic E-state index is 1.05. The number of benzene rings is 1. The average Bonchev–Trinajstić information content (AvgIpc) is 2.40. The van der Waals surface area contributed by atoms with Crippen molar-refractivity contribution in [3.05, 3.63) is 35.5 Å². The number of hydrogen-bond donors (Lipinski definition) is 0. The summed E-state index contributed by atoms with van der Waals surface area (Å²) >= 11 is 0. The van der Waals surface area contributed by atoms with Crippen LogP contribution in [0.2, 0.25) is 0 Å². The third-order valence-electron chi connectivity index (χ3n) is 2.58. The van der Waals surface area contributed by atoms with E-state index in [0.29, 0.717) is 0 Å². The quantitative estimate of drug-likeness (QED) is 0.623. The number of nitrogens with zero attached hydrogens (tertiary/aromatic N) is 1. The van der Waals surface area contributed by atoms with Crippen LogP contribution in [0.1, 0.15) is 18.2 Å². The predicted molar refractivity (Wildman–Crippen MR) is 57.1 cm³/mol. The van der Waals surface area contributed by atoms with Gasteiger partial charge in [0.05, 0.1) is 0 Å². The van der Waals surface area contributed by atoms with E-state index >= 15 is 0 Å². The highest BCUT2D eigenvalue weighted by Gasteiger charge is 2.02. The number of hydrogen-bond acceptors (Lipinski definition) is 0. The molecule has 0 saturated heterocycles. The second-order valence-corrected chi connectivity index (χ2v) is 3.59. The van der Waals surface area contributed by atoms with Gasteiger partial charge in [-0.15, -0.1) is 0 Å². The van der Waals surface area contributed by atoms with E-state index in [4.69, 9.17) is 0 Å². The van der Waals surface area contributed by atoms with Gasteiger partial charge in [0.15, 0.2) is 0 Å². The summed E-state index contributed by atoms with van der Waals surface area (Å²) in [7, 11) is 0. The zero-order chi connectivity index (χ0) is 9.42. The smallest absolute Gasteiger partial charge is 0.0484 e. The van der Waals surface area contributed by atoms with Crippen molar-refractivity contribution in [1.82, 2.24) is 4.57 Å². The van der Waals surface area contributed by atoms with E-state index in [1.165, 1.54) is 22.2 Å². The molecule has 0 atom stereocenters. The minimum Gasteiger partial charge on any atom is -0.345 e. The topological polar surface area (TPSA) is 4.93 Å². The Morgan fingerprint density at radius 1 is 1.15 bits per heavy atom. The van der Waals surface area contributed by atoms with E-state index in [0.717, 1.165) is 6.54 Å². The third kappa shape index (κ3) is 1.24. The summed E-state index contributed by atoms with van der Waals surface area (Å²) in [5.41, 5.74) is 4.04. The second kappa shape index (κ2) is 2.91. The van der Waals surface area contributed by atoms with E-state index in [2.05, 4.69) is 49.6 Å². The highest BCUT2D eigenvalue weighted by atomic mass is 15.0. The Kier molecular flexibility index (Phi) is 1.87. The fourth-order valence-electron chi connectivity index (χ4n) is 1.92. The number of aryl methyl sites for hydroxylation is 3. The van der Waals surface area contributed by atoms with Crippen LogP contribution in [0.25, 0.3) is 10.9 Å². The van der Waals surface area contributed by atoms with E-state index in [9.17, 15) is 0 Å². The summed E-state index contributed by atoms with van der Waals surface area (Å²) in [6, 6.07) is 8.87. The van der Waals surface area contributed by atoms with Crippen molar-refractivity contribution in [3.8, 4) is 0 Å². The Hall–Kier alpha value is -1.24. The number of aromatic nitrogens is 1. The van der Waals surface area contributed by atoms with Crippen LogP contribution < -0.4 is 0 Å². The summed E-state index contributed by atoms with van der Waals surface area (Å²) < 4.78 is 2.35. The van der Waals surface area contributed by atoms with Crippen LogP contribution in [0, 0.1) is 13.8 Å². The molecule has 0 aliphatic carbocycles. The van der Waals surface area contributed by atoms with Gasteiger partial charge in [-0.2, -0.15) is 0 Å². The Labute approximate surface area is 79.0 Å². The van der Waals surface area contributed by atoms with E-state index < -0.39 is 0 Å². The van der Waals surface area contributed by atoms with Gasteiger partial charge in [0.2, 0.25) is 0 Å². The summed E-state index contributed by atoms with van der Waals surface area (Å²) in [5.74, 6) is 0. The van der Waals surface area contributed by atoms with Gasteiger partial charge in [-0.3, -0.25) is 0 Å². The molecule has 0 saturated carbocycles. The van der Waals surface area contributed by atoms with Gasteiger partial charge in [0, 0.05) is 17.8 Å². The molecule has 1 heteroatoms. The average molecular weight is 173 g/mol. The van der Waals surface area contributed by atoms with Crippen molar-refractivity contribution >= 4 is 10.9 Å². The standard InChI is InChI=1S/C12H15N/c1-4-13-10(3)8-11-6-5-9(2)7-12(11)13/h5-8H,4H2,1-3H3. The number of fused-ring (bicyclic) bond motifs is 1. The molecule has 1 aromatic heterocycles. The van der Waals surface area contributed by atoms with E-state index in [1.54, 1.807) is 0 Å². The lowest BCUT2D eigenvalue weighted by atomic mass is 10.2. The molecule has 0 radical (unpaired) electrons. The van der Waals surface area contributed by atoms with Crippen LogP contribution in [0.3, 0.4) is 0 Å². The molecular weight excluding hydrogens is 158 g/mol. The first-order valence-electron chi connectivity index (χ1n) is 4.79. The first-order valence-corrected chi connectivity index (χ1v) is 4.79. The maximum Gasteiger partial charge on any atom is 0.0484 e. The molecule has 2 aromatic rings. The molecule has 1 heterocycles. The fraction of sp³-hybridized carbons (Fsp3) is 0.333. The van der Waals surface area contributed by atoms with Gasteiger partial charge in [0.25, 0.3) is 0 Å². The minimum absolute atomic E-state index is 1.05. The largest absolute Gasteiger partial charge is 0.345 e. The van der Waals surface area contributed by atoms with Gasteiger partial charge in [-0.1, -0.05) is 12.1 Å². The lowest BCUT2D eigenvalue weighted by Crippen LogP contribution is -1.95. The molecule has 13 heavy (non-hydrogen) atoms. The first-order chi connectivity index (χ1) is 6.22. The van der Waals surface area contributed by atoms with Crippen molar-refractivity contribution in [2.45, 2.75) is 27.3 Å². The highest BCUT2D eigenvalue weighted by Crippen LogP contribution is 2.20. The summed E-state index contributed by atoms with van der Waals surface area (Å²) in [4.78, 5) is 0. The summed E-state index contributed by atoms with van der Waals surface area (Å²) in [5, 5.41) is 1.35. The van der Waals surface area contributed by atoms with Gasteiger partial charge in [0.1, 0.15) is 0 Å². The van der Waals surface area contributed by atoms with Crippen molar-refractivity contribution in [3.63, 3.8) is 0 Å². The lowest BCUT2D eigenvalue weighted by molar-refractivity contribution is 0.769. The zero-order valence-corrected chi connectivity index (χ0v) is 8.46. The Balaban J connectivity index is 2.80. The maximum absolute atomic E-state index is 2.35. The van der Waals surface area contributed by atoms with Crippen molar-refractivity contribution < 1.29 is 0 Å². The summed E-state index contributed by atoms with van der Waals surface area (Å²) in [6.07, 6.45) is 0. The Bertz CT molecular complexity index is 438. The molecule has 0 aliphatic heterocycles. The van der Waals surface area contributed by atoms with Gasteiger partial charge in [-0.05, 0) is 43.9 Å². The number of rotatable bonds is 1. The zero-order valence-electron chi connectivity index (χ0n) is 8.46. The molecule has 68 valence electrons. The van der Waals surface area contributed by atoms with E-state index in [1.807, 2.05) is 0 Å². The van der Waals surface area contributed by atoms with E-state index in [-0.39, 0.29) is 0 Å². The van der Waals surface area contributed by atoms with Crippen LogP contribution in [-0.2, 0) is 6.54 Å². The van der Waals surface area contributed by atoms with Crippen molar-refractivity contribution in [2.24, 2.45) is 0 Å². The molecular formula is C12H15N. The monoisotopic (exact) mass is 173 g/mol. The Morgan fingerprint density at radius 2 is 1.92 bits per heavy atom. The molecule has 0 spiro atoms. The molecule has 0 N–H and O–H groups in total. The van der Waals surface area contributed by atoms with Gasteiger partial charge >= 0.3 is 0 Å². The lowest BCUT2D eigenvalue weighted by Gasteiger charge is -2.03. The SMILES string of the molecule is CCn1c(C)cc2ccc(C)cc21. The molecule has 0 unspecified atom stereocenters. The Morgan fingerprint density at radius 3 is 2.62 bits per heavy atom. The normalized spacial score (nSPS) is 11.0. The van der Waals surface area contributed by atoms with Crippen LogP contribution in [-0.4, -0.2) is 4.57 Å². The molecule has 2 rings (SSSR count). The maximum atomic E-state index is 2.35. The second-order valence-electron chi connectivity index (χ2n) is 3.59. The summed E-state index contributed by atoms with van der Waals surface area (Å²) in [6.45, 7) is 7.55. The highest BCUT2D eigenvalue weighted by molar-refractivity contribution is 5.81. The fourth-order valence-corrected chi connectivity index (χ4v) is 1.92. The van der Waals surface area contributed by atoms with Gasteiger partial charge in [-0.25, -0.2) is 0 Å². The van der Waals surface area contributed by atoms with Crippen LogP contribution in [0.4, 0.5) is 0 Å². The van der Waals surface area contributed by atoms with Crippen LogP contribution in [0.5, 0.6) is 0 Å². The molecule has 1 nitrogen and oxygen atoms in total. The molecule has 0 fully saturated rings. The molecule has 1 aromatic carbocycles. The molecule has 0 bridgehead atoms. The van der Waals surface area contributed by atoms with Crippen LogP contribution >= 0.6 is 0 Å². The van der Waals surface area contributed by atoms with Gasteiger partial charge < -0.3 is 4.57 Å². The molecule has 0 amide bonds. The molecule has 0 aliphatic rings. The van der Waals surface area contributed by atoms with Crippen molar-refractivity contribution in [2.75, 3.05) is 0 Å². The predicted octanol–water partition coefficient (Wildman–Crippen LogP) is 3.28. The third-order valence-corrected chi connectivity index (χ3v) is 2.58.